The normalized spacial score (nSPS) is 27.1. The maximum Gasteiger partial charge on any atom is 0.166 e. The molecule has 1 aromatic rings. The van der Waals surface area contributed by atoms with Gasteiger partial charge in [-0.2, -0.15) is 0 Å². The summed E-state index contributed by atoms with van der Waals surface area (Å²) in [6.45, 7) is 2.26. The summed E-state index contributed by atoms with van der Waals surface area (Å²) >= 11 is 0. The van der Waals surface area contributed by atoms with Crippen LogP contribution in [0.3, 0.4) is 0 Å². The number of hydrogen-bond donors (Lipinski definition) is 0. The summed E-state index contributed by atoms with van der Waals surface area (Å²) in [5.41, 5.74) is 2.38. The molecule has 2 fully saturated rings. The molecule has 108 valence electrons. The first-order valence-electron chi connectivity index (χ1n) is 8.42. The maximum atomic E-state index is 12.9. The molecule has 20 heavy (non-hydrogen) atoms. The molecule has 3 rings (SSSR count). The van der Waals surface area contributed by atoms with E-state index in [4.69, 9.17) is 0 Å². The second-order valence-corrected chi connectivity index (χ2v) is 6.72. The monoisotopic (exact) mass is 270 g/mol. The van der Waals surface area contributed by atoms with Crippen LogP contribution in [0.15, 0.2) is 24.3 Å². The van der Waals surface area contributed by atoms with Gasteiger partial charge in [-0.3, -0.25) is 4.79 Å². The molecule has 2 unspecified atom stereocenters. The molecule has 0 saturated heterocycles. The Morgan fingerprint density at radius 1 is 1.10 bits per heavy atom. The highest BCUT2D eigenvalue weighted by Crippen LogP contribution is 2.40. The van der Waals surface area contributed by atoms with Crippen LogP contribution in [0, 0.1) is 11.8 Å². The van der Waals surface area contributed by atoms with Gasteiger partial charge in [-0.25, -0.2) is 0 Å². The lowest BCUT2D eigenvalue weighted by molar-refractivity contribution is 0.0860. The Hall–Kier alpha value is -1.11. The molecule has 0 heterocycles. The molecule has 0 amide bonds. The topological polar surface area (TPSA) is 17.1 Å². The highest BCUT2D eigenvalue weighted by atomic mass is 16.1. The van der Waals surface area contributed by atoms with E-state index in [-0.39, 0.29) is 5.92 Å². The smallest absolute Gasteiger partial charge is 0.166 e. The summed E-state index contributed by atoms with van der Waals surface area (Å²) in [5, 5.41) is 0. The van der Waals surface area contributed by atoms with Crippen LogP contribution in [0.1, 0.15) is 80.1 Å². The SMILES string of the molecule is CCC1CCCC(C(=O)c2ccccc2C2CCC2)C1. The fraction of sp³-hybridized carbons (Fsp3) is 0.632. The van der Waals surface area contributed by atoms with Gasteiger partial charge in [0.1, 0.15) is 0 Å². The van der Waals surface area contributed by atoms with Gasteiger partial charge in [-0.15, -0.1) is 0 Å². The van der Waals surface area contributed by atoms with Crippen LogP contribution in [0.25, 0.3) is 0 Å². The molecule has 2 saturated carbocycles. The minimum absolute atomic E-state index is 0.287. The van der Waals surface area contributed by atoms with Crippen molar-refractivity contribution in [2.24, 2.45) is 11.8 Å². The van der Waals surface area contributed by atoms with Crippen LogP contribution in [0.2, 0.25) is 0 Å². The molecule has 0 N–H and O–H groups in total. The van der Waals surface area contributed by atoms with E-state index in [0.29, 0.717) is 11.7 Å². The zero-order chi connectivity index (χ0) is 13.9. The number of carbonyl (C=O) groups is 1. The first-order chi connectivity index (χ1) is 9.79. The summed E-state index contributed by atoms with van der Waals surface area (Å²) in [7, 11) is 0. The molecule has 0 aromatic heterocycles. The summed E-state index contributed by atoms with van der Waals surface area (Å²) < 4.78 is 0. The van der Waals surface area contributed by atoms with Gasteiger partial charge in [0.05, 0.1) is 0 Å². The third-order valence-corrected chi connectivity index (χ3v) is 5.50. The summed E-state index contributed by atoms with van der Waals surface area (Å²) in [5.74, 6) is 2.15. The van der Waals surface area contributed by atoms with E-state index in [9.17, 15) is 4.79 Å². The molecule has 1 nitrogen and oxygen atoms in total. The summed E-state index contributed by atoms with van der Waals surface area (Å²) in [4.78, 5) is 12.9. The van der Waals surface area contributed by atoms with E-state index < -0.39 is 0 Å². The first kappa shape index (κ1) is 13.9. The average molecular weight is 270 g/mol. The molecular weight excluding hydrogens is 244 g/mol. The van der Waals surface area contributed by atoms with Crippen molar-refractivity contribution in [2.75, 3.05) is 0 Å². The second-order valence-electron chi connectivity index (χ2n) is 6.72. The van der Waals surface area contributed by atoms with Gasteiger partial charge in [-0.05, 0) is 43.1 Å². The summed E-state index contributed by atoms with van der Waals surface area (Å²) in [6.07, 6.45) is 9.88. The van der Waals surface area contributed by atoms with Crippen molar-refractivity contribution in [1.29, 1.82) is 0 Å². The van der Waals surface area contributed by atoms with Crippen molar-refractivity contribution in [3.8, 4) is 0 Å². The zero-order valence-electron chi connectivity index (χ0n) is 12.6. The number of carbonyl (C=O) groups excluding carboxylic acids is 1. The minimum atomic E-state index is 0.287. The van der Waals surface area contributed by atoms with Gasteiger partial charge in [0.15, 0.2) is 5.78 Å². The minimum Gasteiger partial charge on any atom is -0.294 e. The van der Waals surface area contributed by atoms with Gasteiger partial charge >= 0.3 is 0 Å². The molecular formula is C19H26O. The van der Waals surface area contributed by atoms with Crippen molar-refractivity contribution in [2.45, 2.75) is 64.2 Å². The molecule has 1 heteroatoms. The van der Waals surface area contributed by atoms with Crippen LogP contribution in [0.4, 0.5) is 0 Å². The van der Waals surface area contributed by atoms with Crippen LogP contribution < -0.4 is 0 Å². The van der Waals surface area contributed by atoms with Crippen molar-refractivity contribution in [3.05, 3.63) is 35.4 Å². The van der Waals surface area contributed by atoms with Crippen LogP contribution in [0.5, 0.6) is 0 Å². The fourth-order valence-electron chi connectivity index (χ4n) is 3.92. The van der Waals surface area contributed by atoms with E-state index in [1.165, 1.54) is 44.1 Å². The molecule has 2 aliphatic carbocycles. The Morgan fingerprint density at radius 2 is 1.85 bits per heavy atom. The zero-order valence-corrected chi connectivity index (χ0v) is 12.6. The molecule has 0 bridgehead atoms. The van der Waals surface area contributed by atoms with E-state index >= 15 is 0 Å². The van der Waals surface area contributed by atoms with Crippen LogP contribution in [-0.4, -0.2) is 5.78 Å². The van der Waals surface area contributed by atoms with E-state index in [1.54, 1.807) is 0 Å². The van der Waals surface area contributed by atoms with Crippen molar-refractivity contribution in [3.63, 3.8) is 0 Å². The largest absolute Gasteiger partial charge is 0.294 e. The van der Waals surface area contributed by atoms with Crippen LogP contribution >= 0.6 is 0 Å². The fourth-order valence-corrected chi connectivity index (χ4v) is 3.92. The maximum absolute atomic E-state index is 12.9. The Morgan fingerprint density at radius 3 is 2.55 bits per heavy atom. The second kappa shape index (κ2) is 6.11. The predicted octanol–water partition coefficient (Wildman–Crippen LogP) is 5.35. The van der Waals surface area contributed by atoms with Crippen LogP contribution in [-0.2, 0) is 0 Å². The molecule has 0 spiro atoms. The molecule has 2 aliphatic rings. The molecule has 2 atom stereocenters. The highest BCUT2D eigenvalue weighted by molar-refractivity contribution is 5.99. The Labute approximate surface area is 122 Å². The number of ketones is 1. The van der Waals surface area contributed by atoms with Gasteiger partial charge in [0.25, 0.3) is 0 Å². The average Bonchev–Trinajstić information content (AvgIpc) is 2.45. The standard InChI is InChI=1S/C19H26O/c1-2-14-7-5-10-16(13-14)19(20)18-12-4-3-11-17(18)15-8-6-9-15/h3-4,11-12,14-16H,2,5-10,13H2,1H3. The number of benzene rings is 1. The summed E-state index contributed by atoms with van der Waals surface area (Å²) in [6, 6.07) is 8.40. The lowest BCUT2D eigenvalue weighted by Crippen LogP contribution is -2.24. The van der Waals surface area contributed by atoms with E-state index in [2.05, 4.69) is 25.1 Å². The lowest BCUT2D eigenvalue weighted by atomic mass is 9.73. The van der Waals surface area contributed by atoms with Crippen molar-refractivity contribution >= 4 is 5.78 Å². The van der Waals surface area contributed by atoms with Gasteiger partial charge in [0, 0.05) is 11.5 Å². The van der Waals surface area contributed by atoms with Gasteiger partial charge < -0.3 is 0 Å². The van der Waals surface area contributed by atoms with Crippen molar-refractivity contribution < 1.29 is 4.79 Å². The number of rotatable bonds is 4. The Kier molecular flexibility index (Phi) is 4.24. The molecule has 0 radical (unpaired) electrons. The highest BCUT2D eigenvalue weighted by Gasteiger charge is 2.30. The third-order valence-electron chi connectivity index (χ3n) is 5.50. The quantitative estimate of drug-likeness (QED) is 0.674. The van der Waals surface area contributed by atoms with E-state index in [1.807, 2.05) is 6.07 Å². The van der Waals surface area contributed by atoms with Crippen molar-refractivity contribution in [1.82, 2.24) is 0 Å². The Balaban J connectivity index is 1.79. The Bertz CT molecular complexity index is 472. The molecule has 0 aliphatic heterocycles. The first-order valence-corrected chi connectivity index (χ1v) is 8.42. The van der Waals surface area contributed by atoms with Gasteiger partial charge in [0.2, 0.25) is 0 Å². The lowest BCUT2D eigenvalue weighted by Gasteiger charge is -2.31. The molecule has 1 aromatic carbocycles. The predicted molar refractivity (Wildman–Crippen MR) is 83.1 cm³/mol. The van der Waals surface area contributed by atoms with E-state index in [0.717, 1.165) is 24.3 Å². The number of hydrogen-bond acceptors (Lipinski definition) is 1. The number of Topliss-reactive ketones (excluding diaryl/α,β-unsaturated/α-hetero) is 1. The van der Waals surface area contributed by atoms with Gasteiger partial charge in [-0.1, -0.05) is 56.9 Å². The third kappa shape index (κ3) is 2.68.